The van der Waals surface area contributed by atoms with Gasteiger partial charge in [0.1, 0.15) is 5.78 Å². The molecule has 2 aliphatic rings. The average Bonchev–Trinajstić information content (AvgIpc) is 3.26. The van der Waals surface area contributed by atoms with Gasteiger partial charge < -0.3 is 0 Å². The highest BCUT2D eigenvalue weighted by molar-refractivity contribution is 5.98. The number of allylic oxidation sites excluding steroid dienone is 1. The van der Waals surface area contributed by atoms with Crippen LogP contribution in [-0.2, 0) is 11.2 Å². The van der Waals surface area contributed by atoms with E-state index in [-0.39, 0.29) is 11.6 Å². The van der Waals surface area contributed by atoms with Crippen LogP contribution in [0.2, 0.25) is 0 Å². The molecule has 1 fully saturated rings. The van der Waals surface area contributed by atoms with Crippen molar-refractivity contribution >= 4 is 17.6 Å². The summed E-state index contributed by atoms with van der Waals surface area (Å²) in [5.41, 5.74) is 4.71. The van der Waals surface area contributed by atoms with Gasteiger partial charge in [0.25, 0.3) is 0 Å². The summed E-state index contributed by atoms with van der Waals surface area (Å²) < 4.78 is 0. The summed E-state index contributed by atoms with van der Waals surface area (Å²) in [7, 11) is 0. The van der Waals surface area contributed by atoms with Gasteiger partial charge >= 0.3 is 0 Å². The van der Waals surface area contributed by atoms with Crippen LogP contribution in [0.1, 0.15) is 84.5 Å². The average molecular weight is 388 g/mol. The molecule has 3 heteroatoms. The lowest BCUT2D eigenvalue weighted by Gasteiger charge is -2.29. The second-order valence-electron chi connectivity index (χ2n) is 8.47. The third-order valence-corrected chi connectivity index (χ3v) is 6.46. The summed E-state index contributed by atoms with van der Waals surface area (Å²) in [4.78, 5) is 29.3. The minimum absolute atomic E-state index is 0.0637. The highest BCUT2D eigenvalue weighted by atomic mass is 16.1. The first-order valence-corrected chi connectivity index (χ1v) is 10.9. The van der Waals surface area contributed by atoms with Crippen LogP contribution in [0, 0.1) is 5.92 Å². The van der Waals surface area contributed by atoms with Crippen molar-refractivity contribution in [2.45, 2.75) is 63.7 Å². The first-order valence-electron chi connectivity index (χ1n) is 10.9. The van der Waals surface area contributed by atoms with Crippen molar-refractivity contribution in [1.29, 1.82) is 0 Å². The molecule has 0 aliphatic heterocycles. The highest BCUT2D eigenvalue weighted by Crippen LogP contribution is 2.40. The fraction of sp³-hybridized carbons (Fsp3) is 0.423. The van der Waals surface area contributed by atoms with E-state index in [4.69, 9.17) is 4.98 Å². The van der Waals surface area contributed by atoms with Gasteiger partial charge in [-0.25, -0.2) is 0 Å². The SMILES string of the molecule is O=C(CCC(=O)c1ccccc1)CCC1CCCC(c2nccc3c2C=CC3)C1. The molecule has 4 rings (SSSR count). The fourth-order valence-electron chi connectivity index (χ4n) is 4.84. The van der Waals surface area contributed by atoms with Crippen LogP contribution in [0.5, 0.6) is 0 Å². The Morgan fingerprint density at radius 3 is 2.72 bits per heavy atom. The molecule has 1 aromatic carbocycles. The number of hydrogen-bond donors (Lipinski definition) is 0. The van der Waals surface area contributed by atoms with Gasteiger partial charge in [-0.2, -0.15) is 0 Å². The van der Waals surface area contributed by atoms with E-state index in [1.165, 1.54) is 36.1 Å². The molecule has 2 aliphatic carbocycles. The number of hydrogen-bond acceptors (Lipinski definition) is 3. The van der Waals surface area contributed by atoms with Gasteiger partial charge in [-0.1, -0.05) is 55.3 Å². The monoisotopic (exact) mass is 387 g/mol. The standard InChI is InChI=1S/C26H29NO2/c28-23(14-15-25(29)21-7-2-1-3-8-21)13-12-19-6-4-10-22(18-19)26-24-11-5-9-20(24)16-17-27-26/h1-3,5,7-8,11,16-17,19,22H,4,6,9-10,12-15,18H2. The number of benzene rings is 1. The molecule has 0 saturated heterocycles. The van der Waals surface area contributed by atoms with Crippen molar-refractivity contribution in [3.63, 3.8) is 0 Å². The number of pyridine rings is 1. The molecule has 150 valence electrons. The topological polar surface area (TPSA) is 47.0 Å². The lowest BCUT2D eigenvalue weighted by atomic mass is 9.76. The Balaban J connectivity index is 1.26. The Morgan fingerprint density at radius 1 is 1.00 bits per heavy atom. The maximum absolute atomic E-state index is 12.4. The predicted molar refractivity (Wildman–Crippen MR) is 116 cm³/mol. The number of aromatic nitrogens is 1. The summed E-state index contributed by atoms with van der Waals surface area (Å²) >= 11 is 0. The van der Waals surface area contributed by atoms with E-state index in [1.54, 1.807) is 0 Å². The van der Waals surface area contributed by atoms with Crippen molar-refractivity contribution in [3.8, 4) is 0 Å². The Morgan fingerprint density at radius 2 is 1.86 bits per heavy atom. The van der Waals surface area contributed by atoms with Gasteiger partial charge in [0.15, 0.2) is 5.78 Å². The maximum Gasteiger partial charge on any atom is 0.163 e. The Labute approximate surface area is 173 Å². The zero-order valence-electron chi connectivity index (χ0n) is 17.0. The van der Waals surface area contributed by atoms with Gasteiger partial charge in [0.05, 0.1) is 5.69 Å². The molecule has 0 N–H and O–H groups in total. The number of carbonyl (C=O) groups is 2. The molecule has 1 saturated carbocycles. The summed E-state index contributed by atoms with van der Waals surface area (Å²) in [5.74, 6) is 1.39. The van der Waals surface area contributed by atoms with E-state index in [0.717, 1.165) is 19.3 Å². The van der Waals surface area contributed by atoms with Crippen LogP contribution >= 0.6 is 0 Å². The lowest BCUT2D eigenvalue weighted by Crippen LogP contribution is -2.17. The number of ketones is 2. The van der Waals surface area contributed by atoms with E-state index in [9.17, 15) is 9.59 Å². The Hall–Kier alpha value is -2.55. The van der Waals surface area contributed by atoms with Crippen molar-refractivity contribution in [3.05, 3.63) is 71.1 Å². The smallest absolute Gasteiger partial charge is 0.163 e. The molecular weight excluding hydrogens is 358 g/mol. The zero-order valence-corrected chi connectivity index (χ0v) is 17.0. The van der Waals surface area contributed by atoms with Crippen molar-refractivity contribution < 1.29 is 9.59 Å². The molecule has 0 bridgehead atoms. The van der Waals surface area contributed by atoms with Gasteiger partial charge in [-0.05, 0) is 48.8 Å². The zero-order chi connectivity index (χ0) is 20.1. The second-order valence-corrected chi connectivity index (χ2v) is 8.47. The molecule has 0 amide bonds. The molecule has 0 radical (unpaired) electrons. The molecule has 29 heavy (non-hydrogen) atoms. The lowest BCUT2D eigenvalue weighted by molar-refractivity contribution is -0.119. The predicted octanol–water partition coefficient (Wildman–Crippen LogP) is 5.94. The van der Waals surface area contributed by atoms with Crippen LogP contribution in [0.15, 0.2) is 48.7 Å². The highest BCUT2D eigenvalue weighted by Gasteiger charge is 2.27. The maximum atomic E-state index is 12.4. The Bertz CT molecular complexity index is 900. The number of rotatable bonds is 8. The molecule has 2 atom stereocenters. The minimum Gasteiger partial charge on any atom is -0.300 e. The number of carbonyl (C=O) groups excluding carboxylic acids is 2. The Kier molecular flexibility index (Phi) is 6.33. The first kappa shape index (κ1) is 19.8. The molecule has 2 unspecified atom stereocenters. The van der Waals surface area contributed by atoms with E-state index in [2.05, 4.69) is 18.2 Å². The molecule has 1 aromatic heterocycles. The van der Waals surface area contributed by atoms with Gasteiger partial charge in [0, 0.05) is 36.9 Å². The van der Waals surface area contributed by atoms with Crippen molar-refractivity contribution in [2.24, 2.45) is 5.92 Å². The number of nitrogens with zero attached hydrogens (tertiary/aromatic N) is 1. The van der Waals surface area contributed by atoms with Crippen molar-refractivity contribution in [1.82, 2.24) is 4.98 Å². The third kappa shape index (κ3) is 4.90. The van der Waals surface area contributed by atoms with Crippen LogP contribution in [0.4, 0.5) is 0 Å². The fourth-order valence-corrected chi connectivity index (χ4v) is 4.84. The number of fused-ring (bicyclic) bond motifs is 1. The van der Waals surface area contributed by atoms with Crippen LogP contribution in [-0.4, -0.2) is 16.6 Å². The normalized spacial score (nSPS) is 20.4. The molecule has 0 spiro atoms. The summed E-state index contributed by atoms with van der Waals surface area (Å²) in [6, 6.07) is 11.4. The minimum atomic E-state index is 0.0637. The molecule has 3 nitrogen and oxygen atoms in total. The van der Waals surface area contributed by atoms with E-state index in [0.29, 0.717) is 36.7 Å². The first-order chi connectivity index (χ1) is 14.2. The van der Waals surface area contributed by atoms with Gasteiger partial charge in [0.2, 0.25) is 0 Å². The summed E-state index contributed by atoms with van der Waals surface area (Å²) in [6.45, 7) is 0. The largest absolute Gasteiger partial charge is 0.300 e. The quantitative estimate of drug-likeness (QED) is 0.527. The van der Waals surface area contributed by atoms with Crippen LogP contribution in [0.25, 0.3) is 6.08 Å². The van der Waals surface area contributed by atoms with Crippen molar-refractivity contribution in [2.75, 3.05) is 0 Å². The summed E-state index contributed by atoms with van der Waals surface area (Å²) in [6.07, 6.45) is 14.4. The molecule has 2 aromatic rings. The van der Waals surface area contributed by atoms with E-state index < -0.39 is 0 Å². The van der Waals surface area contributed by atoms with Crippen LogP contribution < -0.4 is 0 Å². The number of Topliss-reactive ketones (excluding diaryl/α,β-unsaturated/α-hetero) is 2. The molecular formula is C26H29NO2. The van der Waals surface area contributed by atoms with E-state index >= 15 is 0 Å². The molecule has 1 heterocycles. The van der Waals surface area contributed by atoms with Gasteiger partial charge in [-0.15, -0.1) is 0 Å². The van der Waals surface area contributed by atoms with Crippen LogP contribution in [0.3, 0.4) is 0 Å². The second kappa shape index (κ2) is 9.30. The van der Waals surface area contributed by atoms with E-state index in [1.807, 2.05) is 36.5 Å². The third-order valence-electron chi connectivity index (χ3n) is 6.46. The summed E-state index contributed by atoms with van der Waals surface area (Å²) in [5, 5.41) is 0. The van der Waals surface area contributed by atoms with Gasteiger partial charge in [-0.3, -0.25) is 14.6 Å².